The van der Waals surface area contributed by atoms with Crippen molar-refractivity contribution >= 4 is 5.91 Å². The van der Waals surface area contributed by atoms with E-state index in [1.807, 2.05) is 0 Å². The number of aromatic hydroxyl groups is 1. The van der Waals surface area contributed by atoms with Crippen molar-refractivity contribution < 1.29 is 36.4 Å². The molecule has 12 heteroatoms. The van der Waals surface area contributed by atoms with Gasteiger partial charge in [-0.1, -0.05) is 5.16 Å². The van der Waals surface area contributed by atoms with Crippen molar-refractivity contribution in [3.05, 3.63) is 59.2 Å². The lowest BCUT2D eigenvalue weighted by Gasteiger charge is -2.57. The summed E-state index contributed by atoms with van der Waals surface area (Å²) in [6.07, 6.45) is -1.98. The highest BCUT2D eigenvalue weighted by Gasteiger charge is 2.55. The number of phenols is 1. The number of alkyl halides is 3. The van der Waals surface area contributed by atoms with Crippen molar-refractivity contribution in [1.29, 1.82) is 0 Å². The second-order valence-corrected chi connectivity index (χ2v) is 8.55. The lowest BCUT2D eigenvalue weighted by atomic mass is 9.48. The van der Waals surface area contributed by atoms with Crippen LogP contribution in [-0.4, -0.2) is 32.7 Å². The Morgan fingerprint density at radius 3 is 2.59 bits per heavy atom. The lowest BCUT2D eigenvalue weighted by molar-refractivity contribution is -0.141. The molecule has 34 heavy (non-hydrogen) atoms. The van der Waals surface area contributed by atoms with Crippen LogP contribution in [0.4, 0.5) is 22.0 Å². The van der Waals surface area contributed by atoms with Gasteiger partial charge in [0, 0.05) is 30.3 Å². The number of nitrogens with zero attached hydrogens (tertiary/aromatic N) is 3. The molecule has 3 unspecified atom stereocenters. The van der Waals surface area contributed by atoms with Gasteiger partial charge >= 0.3 is 6.18 Å². The van der Waals surface area contributed by atoms with E-state index in [9.17, 15) is 26.7 Å². The van der Waals surface area contributed by atoms with Gasteiger partial charge in [0.2, 0.25) is 11.7 Å². The maximum absolute atomic E-state index is 13.8. The number of hydrogen-bond donors (Lipinski definition) is 2. The summed E-state index contributed by atoms with van der Waals surface area (Å²) >= 11 is 0. The fraction of sp³-hybridized carbons (Fsp3) is 0.364. The summed E-state index contributed by atoms with van der Waals surface area (Å²) in [7, 11) is 0. The van der Waals surface area contributed by atoms with Crippen molar-refractivity contribution in [2.45, 2.75) is 24.9 Å². The molecule has 178 valence electrons. The SMILES string of the molecule is O=C(NCC1CC2C(c3nc(-c4ccc(C(F)(F)F)nc4)no3)C[C@H]12)c1cc(F)c(O)cc1F. The summed E-state index contributed by atoms with van der Waals surface area (Å²) in [5.41, 5.74) is -1.17. The van der Waals surface area contributed by atoms with Crippen LogP contribution in [0.1, 0.15) is 40.7 Å². The number of fused-ring (bicyclic) bond motifs is 1. The highest BCUT2D eigenvalue weighted by molar-refractivity contribution is 5.94. The summed E-state index contributed by atoms with van der Waals surface area (Å²) in [5, 5.41) is 15.6. The summed E-state index contributed by atoms with van der Waals surface area (Å²) in [6, 6.07) is 3.30. The molecule has 1 aromatic carbocycles. The minimum atomic E-state index is -4.53. The summed E-state index contributed by atoms with van der Waals surface area (Å²) in [6.45, 7) is 0.293. The van der Waals surface area contributed by atoms with Crippen molar-refractivity contribution in [1.82, 2.24) is 20.4 Å². The molecule has 2 aromatic heterocycles. The molecule has 2 heterocycles. The second kappa shape index (κ2) is 8.03. The Hall–Kier alpha value is -3.57. The van der Waals surface area contributed by atoms with E-state index in [0.717, 1.165) is 25.1 Å². The third-order valence-electron chi connectivity index (χ3n) is 6.65. The van der Waals surface area contributed by atoms with Crippen LogP contribution in [-0.2, 0) is 6.18 Å². The maximum atomic E-state index is 13.8. The Morgan fingerprint density at radius 2 is 1.94 bits per heavy atom. The van der Waals surface area contributed by atoms with Crippen LogP contribution < -0.4 is 5.32 Å². The third-order valence-corrected chi connectivity index (χ3v) is 6.65. The van der Waals surface area contributed by atoms with Crippen LogP contribution in [0.5, 0.6) is 5.75 Å². The van der Waals surface area contributed by atoms with E-state index < -0.39 is 40.7 Å². The predicted molar refractivity (Wildman–Crippen MR) is 105 cm³/mol. The highest BCUT2D eigenvalue weighted by Crippen LogP contribution is 2.61. The van der Waals surface area contributed by atoms with Crippen molar-refractivity contribution in [3.63, 3.8) is 0 Å². The minimum absolute atomic E-state index is 0.0178. The van der Waals surface area contributed by atoms with Gasteiger partial charge in [0.15, 0.2) is 11.6 Å². The first-order valence-corrected chi connectivity index (χ1v) is 10.4. The van der Waals surface area contributed by atoms with E-state index in [1.54, 1.807) is 0 Å². The molecular weight excluding hydrogens is 463 g/mol. The topological polar surface area (TPSA) is 101 Å². The van der Waals surface area contributed by atoms with Crippen LogP contribution in [0.3, 0.4) is 0 Å². The number of benzene rings is 1. The normalized spacial score (nSPS) is 23.6. The van der Waals surface area contributed by atoms with Gasteiger partial charge in [0.25, 0.3) is 5.91 Å². The Balaban J connectivity index is 1.15. The Labute approximate surface area is 189 Å². The Morgan fingerprint density at radius 1 is 1.15 bits per heavy atom. The molecule has 2 aliphatic rings. The third kappa shape index (κ3) is 3.86. The number of carbonyl (C=O) groups excluding carboxylic acids is 1. The minimum Gasteiger partial charge on any atom is -0.505 e. The van der Waals surface area contributed by atoms with Crippen LogP contribution in [0.15, 0.2) is 35.0 Å². The molecule has 2 aliphatic carbocycles. The number of pyridine rings is 1. The Bertz CT molecular complexity index is 1240. The molecule has 0 radical (unpaired) electrons. The van der Waals surface area contributed by atoms with Crippen molar-refractivity contribution in [2.24, 2.45) is 17.8 Å². The number of hydrogen-bond acceptors (Lipinski definition) is 6. The highest BCUT2D eigenvalue weighted by atomic mass is 19.4. The zero-order valence-corrected chi connectivity index (χ0v) is 17.3. The quantitative estimate of drug-likeness (QED) is 0.528. The average Bonchev–Trinajstić information content (AvgIpc) is 3.25. The van der Waals surface area contributed by atoms with E-state index in [-0.39, 0.29) is 23.6 Å². The second-order valence-electron chi connectivity index (χ2n) is 8.55. The van der Waals surface area contributed by atoms with E-state index in [1.165, 1.54) is 6.07 Å². The molecule has 0 saturated heterocycles. The Kier molecular flexibility index (Phi) is 5.25. The summed E-state index contributed by atoms with van der Waals surface area (Å²) in [5.74, 6) is -2.41. The van der Waals surface area contributed by atoms with Crippen LogP contribution in [0.25, 0.3) is 11.4 Å². The van der Waals surface area contributed by atoms with Crippen molar-refractivity contribution in [2.75, 3.05) is 6.54 Å². The molecule has 1 amide bonds. The van der Waals surface area contributed by atoms with E-state index >= 15 is 0 Å². The number of halogens is 5. The summed E-state index contributed by atoms with van der Waals surface area (Å²) < 4.78 is 70.6. The fourth-order valence-electron chi connectivity index (χ4n) is 4.70. The zero-order valence-electron chi connectivity index (χ0n) is 17.3. The molecule has 0 spiro atoms. The van der Waals surface area contributed by atoms with Gasteiger partial charge in [-0.05, 0) is 48.8 Å². The molecule has 5 rings (SSSR count). The first-order valence-electron chi connectivity index (χ1n) is 10.4. The number of amides is 1. The van der Waals surface area contributed by atoms with Gasteiger partial charge in [-0.15, -0.1) is 0 Å². The van der Waals surface area contributed by atoms with E-state index in [0.29, 0.717) is 36.0 Å². The van der Waals surface area contributed by atoms with Crippen LogP contribution >= 0.6 is 0 Å². The number of nitrogens with one attached hydrogen (secondary N) is 1. The fourth-order valence-corrected chi connectivity index (χ4v) is 4.70. The zero-order chi connectivity index (χ0) is 24.2. The van der Waals surface area contributed by atoms with Crippen molar-refractivity contribution in [3.8, 4) is 17.1 Å². The number of phenolic OH excluding ortho intramolecular Hbond substituents is 1. The maximum Gasteiger partial charge on any atom is 0.433 e. The molecule has 7 nitrogen and oxygen atoms in total. The van der Waals surface area contributed by atoms with Gasteiger partial charge in [0.1, 0.15) is 11.5 Å². The molecule has 2 N–H and O–H groups in total. The molecule has 4 atom stereocenters. The number of rotatable bonds is 5. The molecule has 0 bridgehead atoms. The van der Waals surface area contributed by atoms with Crippen LogP contribution in [0.2, 0.25) is 0 Å². The van der Waals surface area contributed by atoms with Crippen LogP contribution in [0, 0.1) is 29.4 Å². The van der Waals surface area contributed by atoms with Gasteiger partial charge < -0.3 is 14.9 Å². The standard InChI is InChI=1S/C22H17F5N4O3/c23-15-6-17(32)16(24)5-14(15)20(33)29-8-10-3-12-11(10)4-13(12)21-30-19(31-34-21)9-1-2-18(28-7-9)22(25,26)27/h1-2,5-7,10-13,32H,3-4,8H2,(H,29,33)/t10?,11-,12?,13?/m1/s1. The molecule has 2 saturated carbocycles. The average molecular weight is 480 g/mol. The van der Waals surface area contributed by atoms with Gasteiger partial charge in [0.05, 0.1) is 5.56 Å². The first-order chi connectivity index (χ1) is 16.1. The predicted octanol–water partition coefficient (Wildman–Crippen LogP) is 4.30. The lowest BCUT2D eigenvalue weighted by Crippen LogP contribution is -2.53. The van der Waals surface area contributed by atoms with Gasteiger partial charge in [-0.2, -0.15) is 18.2 Å². The molecular formula is C22H17F5N4O3. The first kappa shape index (κ1) is 22.2. The van der Waals surface area contributed by atoms with E-state index in [2.05, 4.69) is 20.4 Å². The molecule has 3 aromatic rings. The van der Waals surface area contributed by atoms with Gasteiger partial charge in [-0.3, -0.25) is 9.78 Å². The number of carbonyl (C=O) groups is 1. The summed E-state index contributed by atoms with van der Waals surface area (Å²) in [4.78, 5) is 19.9. The molecule has 2 fully saturated rings. The smallest absolute Gasteiger partial charge is 0.433 e. The van der Waals surface area contributed by atoms with Gasteiger partial charge in [-0.25, -0.2) is 8.78 Å². The number of aromatic nitrogens is 3. The largest absolute Gasteiger partial charge is 0.505 e. The van der Waals surface area contributed by atoms with E-state index in [4.69, 9.17) is 9.63 Å². The monoisotopic (exact) mass is 480 g/mol. The molecule has 0 aliphatic heterocycles.